The highest BCUT2D eigenvalue weighted by Gasteiger charge is 2.33. The van der Waals surface area contributed by atoms with E-state index in [1.807, 2.05) is 30.3 Å². The number of ether oxygens (including phenoxy) is 1. The number of aromatic hydroxyl groups is 1. The molecule has 0 aliphatic rings. The highest BCUT2D eigenvalue weighted by atomic mass is 16.5. The van der Waals surface area contributed by atoms with Crippen LogP contribution in [0.25, 0.3) is 0 Å². The second-order valence-electron chi connectivity index (χ2n) is 5.89. The third kappa shape index (κ3) is 4.12. The number of anilines is 2. The minimum atomic E-state index is -0.891. The third-order valence-corrected chi connectivity index (χ3v) is 4.06. The van der Waals surface area contributed by atoms with Crippen LogP contribution < -0.4 is 4.90 Å². The lowest BCUT2D eigenvalue weighted by Crippen LogP contribution is -2.31. The Kier molecular flexibility index (Phi) is 5.78. The molecule has 1 heterocycles. The van der Waals surface area contributed by atoms with Gasteiger partial charge in [-0.1, -0.05) is 18.2 Å². The molecule has 0 amide bonds. The van der Waals surface area contributed by atoms with Gasteiger partial charge in [-0.25, -0.2) is 4.79 Å². The second-order valence-corrected chi connectivity index (χ2v) is 5.89. The van der Waals surface area contributed by atoms with Crippen molar-refractivity contribution >= 4 is 17.3 Å². The van der Waals surface area contributed by atoms with Gasteiger partial charge in [-0.05, 0) is 49.4 Å². The van der Waals surface area contributed by atoms with Gasteiger partial charge in [0, 0.05) is 16.9 Å². The van der Waals surface area contributed by atoms with Crippen molar-refractivity contribution in [1.82, 2.24) is 0 Å². The standard InChI is InChI=1S/C21H21NO5/c1-2-26-21(25)20(19-12-15(13-23)14-27-19)22(16-6-4-3-5-7-16)17-8-10-18(24)11-9-17/h3-12,14,20,23-24H,2,13H2,1H3. The maximum atomic E-state index is 12.9. The molecule has 2 aromatic carbocycles. The molecule has 3 rings (SSSR count). The second kappa shape index (κ2) is 8.42. The van der Waals surface area contributed by atoms with Crippen molar-refractivity contribution in [1.29, 1.82) is 0 Å². The van der Waals surface area contributed by atoms with Gasteiger partial charge in [-0.15, -0.1) is 0 Å². The molecule has 0 saturated heterocycles. The summed E-state index contributed by atoms with van der Waals surface area (Å²) in [7, 11) is 0. The number of aliphatic hydroxyl groups is 1. The number of esters is 1. The quantitative estimate of drug-likeness (QED) is 0.616. The van der Waals surface area contributed by atoms with E-state index in [1.54, 1.807) is 42.2 Å². The van der Waals surface area contributed by atoms with Gasteiger partial charge < -0.3 is 24.3 Å². The number of hydrogen-bond acceptors (Lipinski definition) is 6. The molecule has 6 heteroatoms. The molecule has 0 bridgehead atoms. The van der Waals surface area contributed by atoms with Gasteiger partial charge in [0.05, 0.1) is 19.5 Å². The van der Waals surface area contributed by atoms with Crippen LogP contribution in [0, 0.1) is 0 Å². The van der Waals surface area contributed by atoms with Crippen molar-refractivity contribution in [2.45, 2.75) is 19.6 Å². The third-order valence-electron chi connectivity index (χ3n) is 4.06. The number of carbonyl (C=O) groups excluding carboxylic acids is 1. The number of benzene rings is 2. The maximum absolute atomic E-state index is 12.9. The summed E-state index contributed by atoms with van der Waals surface area (Å²) < 4.78 is 10.9. The lowest BCUT2D eigenvalue weighted by molar-refractivity contribution is -0.145. The van der Waals surface area contributed by atoms with Crippen molar-refractivity contribution in [2.75, 3.05) is 11.5 Å². The number of para-hydroxylation sites is 1. The zero-order valence-corrected chi connectivity index (χ0v) is 14.9. The van der Waals surface area contributed by atoms with Crippen molar-refractivity contribution in [3.63, 3.8) is 0 Å². The average Bonchev–Trinajstić information content (AvgIpc) is 3.16. The van der Waals surface area contributed by atoms with Crippen molar-refractivity contribution in [3.05, 3.63) is 78.3 Å². The highest BCUT2D eigenvalue weighted by molar-refractivity contribution is 5.85. The minimum absolute atomic E-state index is 0.125. The molecule has 27 heavy (non-hydrogen) atoms. The molecular weight excluding hydrogens is 346 g/mol. The fourth-order valence-corrected chi connectivity index (χ4v) is 2.84. The van der Waals surface area contributed by atoms with E-state index in [9.17, 15) is 15.0 Å². The summed E-state index contributed by atoms with van der Waals surface area (Å²) in [6.45, 7) is 1.77. The van der Waals surface area contributed by atoms with Crippen LogP contribution in [0.2, 0.25) is 0 Å². The van der Waals surface area contributed by atoms with E-state index < -0.39 is 12.0 Å². The Morgan fingerprint density at radius 2 is 1.78 bits per heavy atom. The number of carbonyl (C=O) groups is 1. The van der Waals surface area contributed by atoms with Gasteiger partial charge in [-0.2, -0.15) is 0 Å². The summed E-state index contributed by atoms with van der Waals surface area (Å²) >= 11 is 0. The number of phenolic OH excluding ortho intramolecular Hbond substituents is 1. The first-order valence-electron chi connectivity index (χ1n) is 8.62. The van der Waals surface area contributed by atoms with Gasteiger partial charge in [-0.3, -0.25) is 0 Å². The molecule has 0 aliphatic heterocycles. The van der Waals surface area contributed by atoms with Crippen LogP contribution in [0.4, 0.5) is 11.4 Å². The van der Waals surface area contributed by atoms with Crippen LogP contribution in [0.15, 0.2) is 71.3 Å². The van der Waals surface area contributed by atoms with Gasteiger partial charge in [0.2, 0.25) is 0 Å². The minimum Gasteiger partial charge on any atom is -0.508 e. The Bertz CT molecular complexity index is 873. The summed E-state index contributed by atoms with van der Waals surface area (Å²) in [6.07, 6.45) is 1.42. The fourth-order valence-electron chi connectivity index (χ4n) is 2.84. The summed E-state index contributed by atoms with van der Waals surface area (Å²) in [4.78, 5) is 14.6. The Balaban J connectivity index is 2.14. The Labute approximate surface area is 157 Å². The van der Waals surface area contributed by atoms with Gasteiger partial charge >= 0.3 is 5.97 Å². The molecule has 1 atom stereocenters. The van der Waals surface area contributed by atoms with Crippen LogP contribution in [0.3, 0.4) is 0 Å². The van der Waals surface area contributed by atoms with Crippen LogP contribution in [-0.2, 0) is 16.1 Å². The maximum Gasteiger partial charge on any atom is 0.337 e. The Morgan fingerprint density at radius 1 is 1.11 bits per heavy atom. The number of furan rings is 1. The topological polar surface area (TPSA) is 83.1 Å². The van der Waals surface area contributed by atoms with Crippen molar-refractivity contribution in [2.24, 2.45) is 0 Å². The van der Waals surface area contributed by atoms with E-state index in [1.165, 1.54) is 6.26 Å². The van der Waals surface area contributed by atoms with Gasteiger partial charge in [0.15, 0.2) is 6.04 Å². The van der Waals surface area contributed by atoms with E-state index in [0.717, 1.165) is 5.69 Å². The van der Waals surface area contributed by atoms with E-state index in [2.05, 4.69) is 0 Å². The summed E-state index contributed by atoms with van der Waals surface area (Å²) in [5.74, 6) is 0.00251. The first kappa shape index (κ1) is 18.5. The molecule has 6 nitrogen and oxygen atoms in total. The first-order chi connectivity index (χ1) is 13.1. The predicted molar refractivity (Wildman–Crippen MR) is 101 cm³/mol. The number of aliphatic hydroxyl groups excluding tert-OH is 1. The Hall–Kier alpha value is -3.25. The molecule has 1 unspecified atom stereocenters. The van der Waals surface area contributed by atoms with Crippen LogP contribution in [0.5, 0.6) is 5.75 Å². The van der Waals surface area contributed by atoms with Crippen LogP contribution in [-0.4, -0.2) is 22.8 Å². The number of hydrogen-bond donors (Lipinski definition) is 2. The molecule has 1 aromatic heterocycles. The molecule has 0 spiro atoms. The van der Waals surface area contributed by atoms with Gasteiger partial charge in [0.1, 0.15) is 11.5 Å². The van der Waals surface area contributed by atoms with E-state index >= 15 is 0 Å². The monoisotopic (exact) mass is 367 g/mol. The molecule has 140 valence electrons. The fraction of sp³-hybridized carbons (Fsp3) is 0.190. The average molecular weight is 367 g/mol. The molecular formula is C21H21NO5. The van der Waals surface area contributed by atoms with Gasteiger partial charge in [0.25, 0.3) is 0 Å². The lowest BCUT2D eigenvalue weighted by atomic mass is 10.1. The van der Waals surface area contributed by atoms with Crippen molar-refractivity contribution < 1.29 is 24.2 Å². The van der Waals surface area contributed by atoms with E-state index in [4.69, 9.17) is 9.15 Å². The molecule has 0 fully saturated rings. The zero-order chi connectivity index (χ0) is 19.2. The molecule has 0 aliphatic carbocycles. The number of phenols is 1. The predicted octanol–water partition coefficient (Wildman–Crippen LogP) is 3.92. The number of rotatable bonds is 7. The lowest BCUT2D eigenvalue weighted by Gasteiger charge is -2.31. The zero-order valence-electron chi connectivity index (χ0n) is 14.9. The normalized spacial score (nSPS) is 11.8. The number of nitrogens with zero attached hydrogens (tertiary/aromatic N) is 1. The summed E-state index contributed by atoms with van der Waals surface area (Å²) in [5.41, 5.74) is 2.00. The SMILES string of the molecule is CCOC(=O)C(c1cc(CO)co1)N(c1ccccc1)c1ccc(O)cc1. The van der Waals surface area contributed by atoms with E-state index in [-0.39, 0.29) is 19.0 Å². The smallest absolute Gasteiger partial charge is 0.337 e. The van der Waals surface area contributed by atoms with Crippen LogP contribution in [0.1, 0.15) is 24.3 Å². The highest BCUT2D eigenvalue weighted by Crippen LogP contribution is 2.37. The summed E-state index contributed by atoms with van der Waals surface area (Å²) in [6, 6.07) is 16.6. The van der Waals surface area contributed by atoms with Crippen LogP contribution >= 0.6 is 0 Å². The first-order valence-corrected chi connectivity index (χ1v) is 8.62. The molecule has 3 aromatic rings. The molecule has 2 N–H and O–H groups in total. The van der Waals surface area contributed by atoms with E-state index in [0.29, 0.717) is 17.0 Å². The van der Waals surface area contributed by atoms with Crippen molar-refractivity contribution in [3.8, 4) is 5.75 Å². The summed E-state index contributed by atoms with van der Waals surface area (Å²) in [5, 5.41) is 19.0. The molecule has 0 saturated carbocycles. The Morgan fingerprint density at radius 3 is 2.37 bits per heavy atom. The largest absolute Gasteiger partial charge is 0.508 e. The molecule has 0 radical (unpaired) electrons.